The molecule has 0 saturated heterocycles. The highest BCUT2D eigenvalue weighted by atomic mass is 16.4. The number of benzene rings is 1. The van der Waals surface area contributed by atoms with Gasteiger partial charge in [0.15, 0.2) is 6.10 Å². The van der Waals surface area contributed by atoms with Gasteiger partial charge in [-0.25, -0.2) is 4.79 Å². The average Bonchev–Trinajstić information content (AvgIpc) is 2.72. The maximum atomic E-state index is 11.8. The summed E-state index contributed by atoms with van der Waals surface area (Å²) in [4.78, 5) is 25.4. The van der Waals surface area contributed by atoms with Gasteiger partial charge in [0.2, 0.25) is 5.91 Å². The summed E-state index contributed by atoms with van der Waals surface area (Å²) in [6.45, 7) is 1.59. The van der Waals surface area contributed by atoms with Crippen molar-refractivity contribution in [2.24, 2.45) is 0 Å². The van der Waals surface area contributed by atoms with Gasteiger partial charge in [-0.1, -0.05) is 18.2 Å². The molecule has 1 amide bonds. The van der Waals surface area contributed by atoms with Crippen molar-refractivity contribution >= 4 is 22.8 Å². The summed E-state index contributed by atoms with van der Waals surface area (Å²) >= 11 is 0. The number of carbonyl (C=O) groups excluding carboxylic acids is 1. The van der Waals surface area contributed by atoms with Crippen molar-refractivity contribution in [3.8, 4) is 0 Å². The Balaban J connectivity index is 2.06. The van der Waals surface area contributed by atoms with Gasteiger partial charge in [0.05, 0.1) is 13.0 Å². The molecule has 6 nitrogen and oxygen atoms in total. The Morgan fingerprint density at radius 2 is 2.05 bits per heavy atom. The fourth-order valence-corrected chi connectivity index (χ4v) is 2.08. The van der Waals surface area contributed by atoms with Crippen molar-refractivity contribution in [2.75, 3.05) is 6.54 Å². The lowest BCUT2D eigenvalue weighted by molar-refractivity contribution is -0.146. The molecule has 0 aliphatic carbocycles. The molecule has 0 spiro atoms. The number of amides is 1. The summed E-state index contributed by atoms with van der Waals surface area (Å²) in [7, 11) is 0. The van der Waals surface area contributed by atoms with E-state index in [1.807, 2.05) is 31.2 Å². The Morgan fingerprint density at radius 1 is 1.35 bits per heavy atom. The Morgan fingerprint density at radius 3 is 2.75 bits per heavy atom. The Hall–Kier alpha value is -2.34. The van der Waals surface area contributed by atoms with Gasteiger partial charge in [-0.15, -0.1) is 0 Å². The number of aliphatic hydroxyl groups excluding tert-OH is 1. The lowest BCUT2D eigenvalue weighted by Crippen LogP contribution is -2.37. The molecule has 0 bridgehead atoms. The van der Waals surface area contributed by atoms with Gasteiger partial charge in [0.25, 0.3) is 0 Å². The average molecular weight is 276 g/mol. The Bertz CT molecular complexity index is 648. The first-order valence-electron chi connectivity index (χ1n) is 6.22. The Labute approximate surface area is 115 Å². The second-order valence-corrected chi connectivity index (χ2v) is 4.61. The summed E-state index contributed by atoms with van der Waals surface area (Å²) in [5.41, 5.74) is 2.74. The van der Waals surface area contributed by atoms with Gasteiger partial charge < -0.3 is 20.5 Å². The highest BCUT2D eigenvalue weighted by molar-refractivity contribution is 5.90. The number of aromatic nitrogens is 1. The summed E-state index contributed by atoms with van der Waals surface area (Å²) in [6, 6.07) is 7.65. The van der Waals surface area contributed by atoms with E-state index in [9.17, 15) is 9.59 Å². The number of carbonyl (C=O) groups is 2. The minimum absolute atomic E-state index is 0.141. The van der Waals surface area contributed by atoms with Gasteiger partial charge in [-0.05, 0) is 18.6 Å². The molecule has 0 saturated carbocycles. The van der Waals surface area contributed by atoms with Crippen molar-refractivity contribution in [2.45, 2.75) is 19.4 Å². The molecule has 6 heteroatoms. The number of carboxylic acid groups (broad SMARTS) is 1. The van der Waals surface area contributed by atoms with Crippen LogP contribution in [-0.4, -0.2) is 39.7 Å². The lowest BCUT2D eigenvalue weighted by Gasteiger charge is -2.08. The van der Waals surface area contributed by atoms with Crippen LogP contribution in [0.5, 0.6) is 0 Å². The number of fused-ring (bicyclic) bond motifs is 1. The summed E-state index contributed by atoms with van der Waals surface area (Å²) in [6.07, 6.45) is -1.44. The number of hydrogen-bond acceptors (Lipinski definition) is 3. The molecule has 20 heavy (non-hydrogen) atoms. The van der Waals surface area contributed by atoms with Crippen LogP contribution < -0.4 is 5.32 Å². The van der Waals surface area contributed by atoms with Gasteiger partial charge in [0, 0.05) is 16.6 Å². The van der Waals surface area contributed by atoms with Crippen molar-refractivity contribution in [1.29, 1.82) is 0 Å². The van der Waals surface area contributed by atoms with E-state index in [0.29, 0.717) is 0 Å². The zero-order valence-corrected chi connectivity index (χ0v) is 11.0. The monoisotopic (exact) mass is 276 g/mol. The van der Waals surface area contributed by atoms with E-state index in [1.54, 1.807) is 0 Å². The molecule has 0 aliphatic rings. The van der Waals surface area contributed by atoms with Crippen LogP contribution in [0.3, 0.4) is 0 Å². The molecule has 1 heterocycles. The third kappa shape index (κ3) is 2.97. The van der Waals surface area contributed by atoms with Crippen LogP contribution in [0.15, 0.2) is 24.3 Å². The van der Waals surface area contributed by atoms with Gasteiger partial charge in [-0.2, -0.15) is 0 Å². The van der Waals surface area contributed by atoms with Gasteiger partial charge in [0.1, 0.15) is 0 Å². The van der Waals surface area contributed by atoms with Crippen LogP contribution in [0.2, 0.25) is 0 Å². The minimum Gasteiger partial charge on any atom is -0.479 e. The first kappa shape index (κ1) is 14.1. The SMILES string of the molecule is Cc1[nH]c2ccccc2c1CC(=O)NCC(O)C(=O)O. The third-order valence-corrected chi connectivity index (χ3v) is 3.14. The normalized spacial score (nSPS) is 12.3. The maximum absolute atomic E-state index is 11.8. The van der Waals surface area contributed by atoms with Gasteiger partial charge >= 0.3 is 5.97 Å². The summed E-state index contributed by atoms with van der Waals surface area (Å²) < 4.78 is 0. The maximum Gasteiger partial charge on any atom is 0.334 e. The van der Waals surface area contributed by atoms with E-state index in [2.05, 4.69) is 10.3 Å². The van der Waals surface area contributed by atoms with Crippen LogP contribution in [0.25, 0.3) is 10.9 Å². The van der Waals surface area contributed by atoms with Crippen LogP contribution in [0, 0.1) is 6.92 Å². The van der Waals surface area contributed by atoms with E-state index < -0.39 is 12.1 Å². The van der Waals surface area contributed by atoms with Crippen molar-refractivity contribution in [3.05, 3.63) is 35.5 Å². The van der Waals surface area contributed by atoms with Crippen molar-refractivity contribution in [1.82, 2.24) is 10.3 Å². The zero-order valence-electron chi connectivity index (χ0n) is 11.0. The molecule has 2 rings (SSSR count). The number of nitrogens with one attached hydrogen (secondary N) is 2. The number of aliphatic hydroxyl groups is 1. The molecule has 106 valence electrons. The van der Waals surface area contributed by atoms with E-state index in [1.165, 1.54) is 0 Å². The molecule has 1 atom stereocenters. The quantitative estimate of drug-likeness (QED) is 0.641. The second kappa shape index (κ2) is 5.75. The molecular formula is C14H16N2O4. The highest BCUT2D eigenvalue weighted by Gasteiger charge is 2.16. The molecule has 0 fully saturated rings. The first-order valence-corrected chi connectivity index (χ1v) is 6.22. The second-order valence-electron chi connectivity index (χ2n) is 4.61. The zero-order chi connectivity index (χ0) is 14.7. The number of aryl methyl sites for hydroxylation is 1. The standard InChI is InChI=1S/C14H16N2O4/c1-8-10(9-4-2-3-5-11(9)16-8)6-13(18)15-7-12(17)14(19)20/h2-5,12,16-17H,6-7H2,1H3,(H,15,18)(H,19,20). The number of aromatic amines is 1. The molecular weight excluding hydrogens is 260 g/mol. The summed E-state index contributed by atoms with van der Waals surface area (Å²) in [5, 5.41) is 21.0. The Kier molecular flexibility index (Phi) is 4.05. The fourth-order valence-electron chi connectivity index (χ4n) is 2.08. The fraction of sp³-hybridized carbons (Fsp3) is 0.286. The van der Waals surface area contributed by atoms with E-state index in [-0.39, 0.29) is 18.9 Å². The van der Waals surface area contributed by atoms with E-state index in [4.69, 9.17) is 10.2 Å². The van der Waals surface area contributed by atoms with E-state index >= 15 is 0 Å². The number of carboxylic acids is 1. The number of H-pyrrole nitrogens is 1. The minimum atomic E-state index is -1.58. The van der Waals surface area contributed by atoms with Crippen molar-refractivity contribution in [3.63, 3.8) is 0 Å². The van der Waals surface area contributed by atoms with Gasteiger partial charge in [-0.3, -0.25) is 4.79 Å². The molecule has 0 aliphatic heterocycles. The van der Waals surface area contributed by atoms with Crippen LogP contribution in [-0.2, 0) is 16.0 Å². The number of hydrogen-bond donors (Lipinski definition) is 4. The first-order chi connectivity index (χ1) is 9.49. The molecule has 1 aromatic carbocycles. The molecule has 0 radical (unpaired) electrons. The van der Waals surface area contributed by atoms with E-state index in [0.717, 1.165) is 22.2 Å². The molecule has 2 aromatic rings. The van der Waals surface area contributed by atoms with Crippen LogP contribution in [0.1, 0.15) is 11.3 Å². The third-order valence-electron chi connectivity index (χ3n) is 3.14. The molecule has 1 aromatic heterocycles. The summed E-state index contributed by atoms with van der Waals surface area (Å²) in [5.74, 6) is -1.67. The largest absolute Gasteiger partial charge is 0.479 e. The highest BCUT2D eigenvalue weighted by Crippen LogP contribution is 2.22. The van der Waals surface area contributed by atoms with Crippen LogP contribution in [0.4, 0.5) is 0 Å². The lowest BCUT2D eigenvalue weighted by atomic mass is 10.1. The van der Waals surface area contributed by atoms with Crippen molar-refractivity contribution < 1.29 is 19.8 Å². The molecule has 1 unspecified atom stereocenters. The predicted octanol–water partition coefficient (Wildman–Crippen LogP) is 0.581. The number of rotatable bonds is 5. The van der Waals surface area contributed by atoms with Crippen LogP contribution >= 0.6 is 0 Å². The smallest absolute Gasteiger partial charge is 0.334 e. The number of para-hydroxylation sites is 1. The number of aliphatic carboxylic acids is 1. The predicted molar refractivity (Wildman–Crippen MR) is 73.4 cm³/mol. The topological polar surface area (TPSA) is 102 Å². The molecule has 4 N–H and O–H groups in total.